The normalized spacial score (nSPS) is 16.8. The van der Waals surface area contributed by atoms with E-state index in [1.807, 2.05) is 6.92 Å². The SMILES string of the molecule is Cc1c(C(=O)NC(C)C2CC2)cc(F)cc1S(N)(=O)=O. The van der Waals surface area contributed by atoms with E-state index in [0.29, 0.717) is 5.92 Å². The number of hydrogen-bond acceptors (Lipinski definition) is 3. The Labute approximate surface area is 117 Å². The van der Waals surface area contributed by atoms with Gasteiger partial charge in [-0.15, -0.1) is 0 Å². The van der Waals surface area contributed by atoms with E-state index in [-0.39, 0.29) is 22.1 Å². The van der Waals surface area contributed by atoms with Gasteiger partial charge in [-0.1, -0.05) is 0 Å². The van der Waals surface area contributed by atoms with Crippen LogP contribution in [-0.2, 0) is 10.0 Å². The summed E-state index contributed by atoms with van der Waals surface area (Å²) in [6.07, 6.45) is 2.12. The average molecular weight is 300 g/mol. The zero-order valence-electron chi connectivity index (χ0n) is 11.3. The molecule has 1 amide bonds. The van der Waals surface area contributed by atoms with Gasteiger partial charge in [0.2, 0.25) is 10.0 Å². The monoisotopic (exact) mass is 300 g/mol. The summed E-state index contributed by atoms with van der Waals surface area (Å²) >= 11 is 0. The van der Waals surface area contributed by atoms with Crippen LogP contribution in [0.5, 0.6) is 0 Å². The molecule has 0 heterocycles. The van der Waals surface area contributed by atoms with Gasteiger partial charge in [0.1, 0.15) is 5.82 Å². The number of sulfonamides is 1. The summed E-state index contributed by atoms with van der Waals surface area (Å²) in [7, 11) is -4.06. The van der Waals surface area contributed by atoms with Crippen LogP contribution < -0.4 is 10.5 Å². The van der Waals surface area contributed by atoms with Crippen molar-refractivity contribution in [2.45, 2.75) is 37.6 Å². The Balaban J connectivity index is 2.35. The van der Waals surface area contributed by atoms with Crippen molar-refractivity contribution in [3.05, 3.63) is 29.1 Å². The van der Waals surface area contributed by atoms with E-state index in [2.05, 4.69) is 5.32 Å². The number of nitrogens with one attached hydrogen (secondary N) is 1. The van der Waals surface area contributed by atoms with Crippen LogP contribution in [0.15, 0.2) is 17.0 Å². The standard InChI is InChI=1S/C13H17FN2O3S/c1-7-11(13(17)16-8(2)9-3-4-9)5-10(14)6-12(7)20(15,18)19/h5-6,8-9H,3-4H2,1-2H3,(H,16,17)(H2,15,18,19). The Morgan fingerprint density at radius 1 is 1.45 bits per heavy atom. The summed E-state index contributed by atoms with van der Waals surface area (Å²) in [5.41, 5.74) is 0.163. The van der Waals surface area contributed by atoms with Crippen molar-refractivity contribution in [2.75, 3.05) is 0 Å². The summed E-state index contributed by atoms with van der Waals surface area (Å²) in [6.45, 7) is 3.32. The molecule has 0 bridgehead atoms. The molecule has 3 N–H and O–H groups in total. The first-order chi connectivity index (χ1) is 9.20. The number of halogens is 1. The van der Waals surface area contributed by atoms with Crippen molar-refractivity contribution >= 4 is 15.9 Å². The molecule has 0 saturated heterocycles. The molecule has 1 aromatic rings. The second-order valence-corrected chi connectivity index (χ2v) is 6.75. The van der Waals surface area contributed by atoms with E-state index in [1.165, 1.54) is 6.92 Å². The fourth-order valence-corrected chi connectivity index (χ4v) is 3.00. The zero-order valence-corrected chi connectivity index (χ0v) is 12.1. The fourth-order valence-electron chi connectivity index (χ4n) is 2.18. The van der Waals surface area contributed by atoms with Gasteiger partial charge in [0, 0.05) is 11.6 Å². The third kappa shape index (κ3) is 3.16. The quantitative estimate of drug-likeness (QED) is 0.878. The maximum Gasteiger partial charge on any atom is 0.251 e. The van der Waals surface area contributed by atoms with Crippen LogP contribution >= 0.6 is 0 Å². The molecule has 1 atom stereocenters. The van der Waals surface area contributed by atoms with Crippen molar-refractivity contribution < 1.29 is 17.6 Å². The number of carbonyl (C=O) groups is 1. The van der Waals surface area contributed by atoms with Gasteiger partial charge >= 0.3 is 0 Å². The van der Waals surface area contributed by atoms with E-state index in [1.54, 1.807) is 0 Å². The zero-order chi connectivity index (χ0) is 15.1. The predicted molar refractivity (Wildman–Crippen MR) is 72.2 cm³/mol. The van der Waals surface area contributed by atoms with Gasteiger partial charge in [-0.3, -0.25) is 4.79 Å². The van der Waals surface area contributed by atoms with Crippen molar-refractivity contribution in [2.24, 2.45) is 11.1 Å². The molecule has 5 nitrogen and oxygen atoms in total. The lowest BCUT2D eigenvalue weighted by Crippen LogP contribution is -2.34. The number of hydrogen-bond donors (Lipinski definition) is 2. The molecular weight excluding hydrogens is 283 g/mol. The third-order valence-electron chi connectivity index (χ3n) is 3.56. The Bertz CT molecular complexity index is 654. The molecular formula is C13H17FN2O3S. The summed E-state index contributed by atoms with van der Waals surface area (Å²) in [5, 5.41) is 7.79. The van der Waals surface area contributed by atoms with Crippen LogP contribution in [-0.4, -0.2) is 20.4 Å². The molecule has 2 rings (SSSR count). The Hall–Kier alpha value is -1.47. The van der Waals surface area contributed by atoms with Gasteiger partial charge in [0.25, 0.3) is 5.91 Å². The smallest absolute Gasteiger partial charge is 0.251 e. The first-order valence-electron chi connectivity index (χ1n) is 6.34. The number of rotatable bonds is 4. The van der Waals surface area contributed by atoms with Crippen LogP contribution in [0.25, 0.3) is 0 Å². The second-order valence-electron chi connectivity index (χ2n) is 5.22. The predicted octanol–water partition coefficient (Wildman–Crippen LogP) is 1.31. The number of amides is 1. The van der Waals surface area contributed by atoms with Gasteiger partial charge in [-0.05, 0) is 50.3 Å². The van der Waals surface area contributed by atoms with Gasteiger partial charge in [0.15, 0.2) is 0 Å². The summed E-state index contributed by atoms with van der Waals surface area (Å²) in [4.78, 5) is 11.8. The highest BCUT2D eigenvalue weighted by Gasteiger charge is 2.30. The van der Waals surface area contributed by atoms with Crippen LogP contribution in [0.2, 0.25) is 0 Å². The molecule has 1 aliphatic carbocycles. The summed E-state index contributed by atoms with van der Waals surface area (Å²) in [5.74, 6) is -0.833. The summed E-state index contributed by atoms with van der Waals surface area (Å²) in [6, 6.07) is 1.84. The maximum atomic E-state index is 13.5. The minimum atomic E-state index is -4.06. The number of carbonyl (C=O) groups excluding carboxylic acids is 1. The Morgan fingerprint density at radius 3 is 2.55 bits per heavy atom. The van der Waals surface area contributed by atoms with Crippen molar-refractivity contribution in [3.63, 3.8) is 0 Å². The van der Waals surface area contributed by atoms with Gasteiger partial charge in [0.05, 0.1) is 4.90 Å². The third-order valence-corrected chi connectivity index (χ3v) is 4.60. The molecule has 1 aromatic carbocycles. The molecule has 1 unspecified atom stereocenters. The molecule has 0 aromatic heterocycles. The minimum Gasteiger partial charge on any atom is -0.349 e. The van der Waals surface area contributed by atoms with E-state index >= 15 is 0 Å². The molecule has 0 spiro atoms. The Kier molecular flexibility index (Phi) is 3.84. The molecule has 0 aliphatic heterocycles. The largest absolute Gasteiger partial charge is 0.349 e. The average Bonchev–Trinajstić information content (AvgIpc) is 3.13. The van der Waals surface area contributed by atoms with E-state index in [0.717, 1.165) is 25.0 Å². The highest BCUT2D eigenvalue weighted by molar-refractivity contribution is 7.89. The highest BCUT2D eigenvalue weighted by Crippen LogP contribution is 2.32. The van der Waals surface area contributed by atoms with E-state index < -0.39 is 21.7 Å². The minimum absolute atomic E-state index is 0.00141. The number of benzene rings is 1. The second kappa shape index (κ2) is 5.14. The lowest BCUT2D eigenvalue weighted by Gasteiger charge is -2.15. The van der Waals surface area contributed by atoms with Crippen LogP contribution in [0.1, 0.15) is 35.7 Å². The molecule has 0 radical (unpaired) electrons. The van der Waals surface area contributed by atoms with Gasteiger partial charge in [-0.2, -0.15) is 0 Å². The maximum absolute atomic E-state index is 13.5. The molecule has 1 saturated carbocycles. The van der Waals surface area contributed by atoms with Crippen molar-refractivity contribution in [1.29, 1.82) is 0 Å². The van der Waals surface area contributed by atoms with Crippen molar-refractivity contribution in [1.82, 2.24) is 5.32 Å². The topological polar surface area (TPSA) is 89.3 Å². The van der Waals surface area contributed by atoms with Crippen LogP contribution in [0, 0.1) is 18.7 Å². The number of primary sulfonamides is 1. The number of nitrogens with two attached hydrogens (primary N) is 1. The fraction of sp³-hybridized carbons (Fsp3) is 0.462. The molecule has 20 heavy (non-hydrogen) atoms. The van der Waals surface area contributed by atoms with Crippen LogP contribution in [0.4, 0.5) is 4.39 Å². The lowest BCUT2D eigenvalue weighted by atomic mass is 10.1. The molecule has 1 fully saturated rings. The molecule has 110 valence electrons. The molecule has 7 heteroatoms. The Morgan fingerprint density at radius 2 is 2.05 bits per heavy atom. The molecule has 1 aliphatic rings. The van der Waals surface area contributed by atoms with Crippen LogP contribution in [0.3, 0.4) is 0 Å². The van der Waals surface area contributed by atoms with E-state index in [9.17, 15) is 17.6 Å². The van der Waals surface area contributed by atoms with Gasteiger partial charge in [-0.25, -0.2) is 17.9 Å². The lowest BCUT2D eigenvalue weighted by molar-refractivity contribution is 0.0934. The first-order valence-corrected chi connectivity index (χ1v) is 7.88. The first kappa shape index (κ1) is 14.9. The highest BCUT2D eigenvalue weighted by atomic mass is 32.2. The summed E-state index contributed by atoms with van der Waals surface area (Å²) < 4.78 is 36.3. The van der Waals surface area contributed by atoms with E-state index in [4.69, 9.17) is 5.14 Å². The van der Waals surface area contributed by atoms with Crippen molar-refractivity contribution in [3.8, 4) is 0 Å². The van der Waals surface area contributed by atoms with Gasteiger partial charge < -0.3 is 5.32 Å².